The van der Waals surface area contributed by atoms with Gasteiger partial charge in [0, 0.05) is 32.0 Å². The maximum atomic E-state index is 11.7. The number of likely N-dealkylation sites (N-methyl/N-ethyl adjacent to an activating group) is 1. The molecule has 104 valence electrons. The van der Waals surface area contributed by atoms with Crippen molar-refractivity contribution in [1.82, 2.24) is 0 Å². The fourth-order valence-electron chi connectivity index (χ4n) is 2.64. The van der Waals surface area contributed by atoms with Crippen LogP contribution < -0.4 is 15.5 Å². The van der Waals surface area contributed by atoms with Crippen LogP contribution in [0.25, 0.3) is 0 Å². The topological polar surface area (TPSA) is 49.6 Å². The number of hydrogen-bond acceptors (Lipinski definition) is 3. The average molecular weight is 261 g/mol. The van der Waals surface area contributed by atoms with Gasteiger partial charge >= 0.3 is 0 Å². The van der Waals surface area contributed by atoms with E-state index in [1.807, 2.05) is 13.1 Å². The van der Waals surface area contributed by atoms with Crippen LogP contribution in [0.4, 0.5) is 11.4 Å². The normalized spacial score (nSPS) is 15.6. The number of anilines is 2. The Labute approximate surface area is 115 Å². The minimum atomic E-state index is 0.173. The van der Waals surface area contributed by atoms with Crippen LogP contribution in [0, 0.1) is 5.92 Å². The second-order valence-electron chi connectivity index (χ2n) is 5.51. The summed E-state index contributed by atoms with van der Waals surface area (Å²) in [6.07, 6.45) is 1.56. The van der Waals surface area contributed by atoms with Crippen molar-refractivity contribution in [3.8, 4) is 0 Å². The number of carbonyl (C=O) groups excluding carboxylic acids is 1. The van der Waals surface area contributed by atoms with Crippen LogP contribution in [-0.2, 0) is 11.2 Å². The van der Waals surface area contributed by atoms with Gasteiger partial charge in [-0.2, -0.15) is 0 Å². The molecule has 19 heavy (non-hydrogen) atoms. The molecule has 0 spiro atoms. The summed E-state index contributed by atoms with van der Waals surface area (Å²) in [7, 11) is 3.93. The molecule has 4 heteroatoms. The third kappa shape index (κ3) is 2.89. The van der Waals surface area contributed by atoms with E-state index in [9.17, 15) is 4.79 Å². The van der Waals surface area contributed by atoms with Crippen molar-refractivity contribution in [2.24, 2.45) is 11.7 Å². The monoisotopic (exact) mass is 261 g/mol. The largest absolute Gasteiger partial charge is 0.374 e. The number of nitrogens with two attached hydrogens (primary N) is 1. The highest BCUT2D eigenvalue weighted by atomic mass is 16.2. The highest BCUT2D eigenvalue weighted by molar-refractivity contribution is 6.01. The van der Waals surface area contributed by atoms with E-state index >= 15 is 0 Å². The minimum Gasteiger partial charge on any atom is -0.374 e. The van der Waals surface area contributed by atoms with Crippen molar-refractivity contribution in [1.29, 1.82) is 0 Å². The first kappa shape index (κ1) is 13.9. The SMILES string of the molecule is CC(CCN)CN(C)c1ccc2c(c1)CC(=O)N2C. The summed E-state index contributed by atoms with van der Waals surface area (Å²) in [6.45, 7) is 3.94. The van der Waals surface area contributed by atoms with E-state index < -0.39 is 0 Å². The van der Waals surface area contributed by atoms with Crippen LogP contribution in [0.1, 0.15) is 18.9 Å². The second-order valence-corrected chi connectivity index (χ2v) is 5.51. The van der Waals surface area contributed by atoms with Crippen molar-refractivity contribution in [2.75, 3.05) is 37.0 Å². The Balaban J connectivity index is 2.11. The summed E-state index contributed by atoms with van der Waals surface area (Å²) in [5.74, 6) is 0.749. The standard InChI is InChI=1S/C15H23N3O/c1-11(6-7-16)10-17(2)13-4-5-14-12(8-13)9-15(19)18(14)3/h4-5,8,11H,6-7,9-10,16H2,1-3H3. The van der Waals surface area contributed by atoms with Gasteiger partial charge in [0.25, 0.3) is 0 Å². The summed E-state index contributed by atoms with van der Waals surface area (Å²) in [5, 5.41) is 0. The first-order valence-electron chi connectivity index (χ1n) is 6.83. The van der Waals surface area contributed by atoms with Gasteiger partial charge < -0.3 is 15.5 Å². The van der Waals surface area contributed by atoms with Gasteiger partial charge in [0.05, 0.1) is 6.42 Å². The van der Waals surface area contributed by atoms with E-state index in [-0.39, 0.29) is 5.91 Å². The van der Waals surface area contributed by atoms with Crippen molar-refractivity contribution >= 4 is 17.3 Å². The Hall–Kier alpha value is -1.55. The van der Waals surface area contributed by atoms with Gasteiger partial charge in [0.1, 0.15) is 0 Å². The number of fused-ring (bicyclic) bond motifs is 1. The maximum Gasteiger partial charge on any atom is 0.231 e. The van der Waals surface area contributed by atoms with E-state index in [1.165, 1.54) is 5.69 Å². The minimum absolute atomic E-state index is 0.173. The Morgan fingerprint density at radius 1 is 1.47 bits per heavy atom. The predicted molar refractivity (Wildman–Crippen MR) is 79.7 cm³/mol. The van der Waals surface area contributed by atoms with E-state index in [0.29, 0.717) is 12.3 Å². The number of amides is 1. The molecule has 2 N–H and O–H groups in total. The molecule has 0 aromatic heterocycles. The average Bonchev–Trinajstić information content (AvgIpc) is 2.65. The molecule has 0 fully saturated rings. The van der Waals surface area contributed by atoms with Crippen LogP contribution in [0.3, 0.4) is 0 Å². The number of nitrogens with zero attached hydrogens (tertiary/aromatic N) is 2. The molecule has 4 nitrogen and oxygen atoms in total. The lowest BCUT2D eigenvalue weighted by Gasteiger charge is -2.24. The molecule has 1 aliphatic heterocycles. The van der Waals surface area contributed by atoms with Crippen LogP contribution in [-0.4, -0.2) is 33.1 Å². The highest BCUT2D eigenvalue weighted by Crippen LogP contribution is 2.31. The number of rotatable bonds is 5. The smallest absolute Gasteiger partial charge is 0.231 e. The lowest BCUT2D eigenvalue weighted by atomic mass is 10.1. The van der Waals surface area contributed by atoms with Gasteiger partial charge in [-0.15, -0.1) is 0 Å². The quantitative estimate of drug-likeness (QED) is 0.876. The Bertz CT molecular complexity index is 472. The van der Waals surface area contributed by atoms with Crippen LogP contribution >= 0.6 is 0 Å². The Morgan fingerprint density at radius 3 is 2.89 bits per heavy atom. The van der Waals surface area contributed by atoms with Crippen LogP contribution in [0.2, 0.25) is 0 Å². The van der Waals surface area contributed by atoms with Gasteiger partial charge in [-0.3, -0.25) is 4.79 Å². The van der Waals surface area contributed by atoms with E-state index in [4.69, 9.17) is 5.73 Å². The zero-order valence-electron chi connectivity index (χ0n) is 12.0. The lowest BCUT2D eigenvalue weighted by molar-refractivity contribution is -0.117. The molecule has 2 rings (SSSR count). The fraction of sp³-hybridized carbons (Fsp3) is 0.533. The second kappa shape index (κ2) is 5.61. The van der Waals surface area contributed by atoms with Crippen molar-refractivity contribution < 1.29 is 4.79 Å². The molecule has 0 saturated heterocycles. The predicted octanol–water partition coefficient (Wildman–Crippen LogP) is 1.63. The molecule has 1 aromatic carbocycles. The van der Waals surface area contributed by atoms with Gasteiger partial charge in [-0.25, -0.2) is 0 Å². The number of benzene rings is 1. The zero-order valence-corrected chi connectivity index (χ0v) is 12.0. The Kier molecular flexibility index (Phi) is 4.10. The zero-order chi connectivity index (χ0) is 14.0. The molecule has 1 unspecified atom stereocenters. The molecule has 0 radical (unpaired) electrons. The van der Waals surface area contributed by atoms with Gasteiger partial charge in [-0.1, -0.05) is 6.92 Å². The Morgan fingerprint density at radius 2 is 2.21 bits per heavy atom. The summed E-state index contributed by atoms with van der Waals surface area (Å²) in [6, 6.07) is 6.26. The van der Waals surface area contributed by atoms with E-state index in [2.05, 4.69) is 31.0 Å². The highest BCUT2D eigenvalue weighted by Gasteiger charge is 2.24. The van der Waals surface area contributed by atoms with Gasteiger partial charge in [-0.05, 0) is 42.6 Å². The summed E-state index contributed by atoms with van der Waals surface area (Å²) in [4.78, 5) is 15.6. The molecular weight excluding hydrogens is 238 g/mol. The molecular formula is C15H23N3O. The third-order valence-electron chi connectivity index (χ3n) is 3.83. The van der Waals surface area contributed by atoms with Gasteiger partial charge in [0.2, 0.25) is 5.91 Å². The van der Waals surface area contributed by atoms with Crippen LogP contribution in [0.5, 0.6) is 0 Å². The molecule has 1 aliphatic rings. The van der Waals surface area contributed by atoms with E-state index in [0.717, 1.165) is 30.8 Å². The summed E-state index contributed by atoms with van der Waals surface area (Å²) in [5.41, 5.74) is 8.93. The first-order chi connectivity index (χ1) is 9.02. The first-order valence-corrected chi connectivity index (χ1v) is 6.83. The molecule has 0 saturated carbocycles. The van der Waals surface area contributed by atoms with Crippen molar-refractivity contribution in [3.05, 3.63) is 23.8 Å². The summed E-state index contributed by atoms with van der Waals surface area (Å²) >= 11 is 0. The molecule has 1 amide bonds. The lowest BCUT2D eigenvalue weighted by Crippen LogP contribution is -2.25. The molecule has 0 aliphatic carbocycles. The van der Waals surface area contributed by atoms with Crippen LogP contribution in [0.15, 0.2) is 18.2 Å². The van der Waals surface area contributed by atoms with Crippen molar-refractivity contribution in [3.63, 3.8) is 0 Å². The molecule has 1 atom stereocenters. The summed E-state index contributed by atoms with van der Waals surface area (Å²) < 4.78 is 0. The maximum absolute atomic E-state index is 11.7. The fourth-order valence-corrected chi connectivity index (χ4v) is 2.64. The number of hydrogen-bond donors (Lipinski definition) is 1. The van der Waals surface area contributed by atoms with E-state index in [1.54, 1.807) is 4.90 Å². The molecule has 1 aromatic rings. The molecule has 1 heterocycles. The van der Waals surface area contributed by atoms with Gasteiger partial charge in [0.15, 0.2) is 0 Å². The number of carbonyl (C=O) groups is 1. The van der Waals surface area contributed by atoms with Crippen molar-refractivity contribution in [2.45, 2.75) is 19.8 Å². The molecule has 0 bridgehead atoms. The third-order valence-corrected chi connectivity index (χ3v) is 3.83.